The lowest BCUT2D eigenvalue weighted by molar-refractivity contribution is -0.139. The molecule has 0 spiro atoms. The fourth-order valence-corrected chi connectivity index (χ4v) is 4.44. The Morgan fingerprint density at radius 2 is 2.00 bits per heavy atom. The van der Waals surface area contributed by atoms with Crippen LogP contribution in [0.2, 0.25) is 0 Å². The fourth-order valence-electron chi connectivity index (χ4n) is 4.44. The molecule has 0 aromatic heterocycles. The molecule has 0 saturated carbocycles. The first-order valence-electron chi connectivity index (χ1n) is 10.2. The van der Waals surface area contributed by atoms with Gasteiger partial charge in [-0.25, -0.2) is 0 Å². The Kier molecular flexibility index (Phi) is 4.42. The molecule has 4 rings (SSSR count). The van der Waals surface area contributed by atoms with Gasteiger partial charge < -0.3 is 14.9 Å². The van der Waals surface area contributed by atoms with E-state index in [0.717, 1.165) is 42.0 Å². The van der Waals surface area contributed by atoms with Crippen molar-refractivity contribution in [3.05, 3.63) is 46.7 Å². The zero-order valence-corrected chi connectivity index (χ0v) is 17.6. The van der Waals surface area contributed by atoms with E-state index < -0.39 is 5.85 Å². The van der Waals surface area contributed by atoms with Crippen LogP contribution >= 0.6 is 0 Å². The van der Waals surface area contributed by atoms with Crippen molar-refractivity contribution in [2.75, 3.05) is 13.6 Å². The fraction of sp³-hybridized carbons (Fsp3) is 0.565. The number of hydrogen-bond acceptors (Lipinski definition) is 5. The van der Waals surface area contributed by atoms with Crippen LogP contribution < -0.4 is 0 Å². The van der Waals surface area contributed by atoms with Crippen molar-refractivity contribution < 1.29 is 9.90 Å². The third-order valence-corrected chi connectivity index (χ3v) is 6.11. The van der Waals surface area contributed by atoms with Crippen molar-refractivity contribution in [2.24, 2.45) is 10.4 Å². The minimum absolute atomic E-state index is 0.0221. The van der Waals surface area contributed by atoms with E-state index in [1.165, 1.54) is 5.56 Å². The van der Waals surface area contributed by atoms with Gasteiger partial charge in [-0.15, -0.1) is 0 Å². The monoisotopic (exact) mass is 381 g/mol. The van der Waals surface area contributed by atoms with Gasteiger partial charge in [0.15, 0.2) is 5.84 Å². The predicted octanol–water partition coefficient (Wildman–Crippen LogP) is 3.43. The molecule has 2 heterocycles. The number of benzene rings is 1. The summed E-state index contributed by atoms with van der Waals surface area (Å²) in [7, 11) is 1.91. The van der Waals surface area contributed by atoms with Gasteiger partial charge in [0.2, 0.25) is 5.85 Å². The molecule has 150 valence electrons. The molecule has 1 N–H and O–H groups in total. The molecule has 28 heavy (non-hydrogen) atoms. The van der Waals surface area contributed by atoms with Crippen LogP contribution in [0.15, 0.2) is 35.0 Å². The Hall–Kier alpha value is -2.14. The van der Waals surface area contributed by atoms with E-state index in [0.29, 0.717) is 18.6 Å². The third-order valence-electron chi connectivity index (χ3n) is 6.11. The summed E-state index contributed by atoms with van der Waals surface area (Å²) >= 11 is 0. The van der Waals surface area contributed by atoms with E-state index in [1.807, 2.05) is 18.9 Å². The van der Waals surface area contributed by atoms with E-state index in [2.05, 4.69) is 49.9 Å². The minimum atomic E-state index is -1.09. The van der Waals surface area contributed by atoms with Gasteiger partial charge in [0.1, 0.15) is 5.78 Å². The maximum Gasteiger partial charge on any atom is 0.217 e. The van der Waals surface area contributed by atoms with E-state index in [-0.39, 0.29) is 11.5 Å². The number of aliphatic hydroxyl groups is 1. The highest BCUT2D eigenvalue weighted by atomic mass is 16.3. The molecule has 0 radical (unpaired) electrons. The molecule has 2 aliphatic heterocycles. The summed E-state index contributed by atoms with van der Waals surface area (Å²) in [4.78, 5) is 20.8. The largest absolute Gasteiger partial charge is 0.354 e. The number of rotatable bonds is 2. The van der Waals surface area contributed by atoms with Gasteiger partial charge in [-0.05, 0) is 34.9 Å². The summed E-state index contributed by atoms with van der Waals surface area (Å²) in [5, 5.41) is 11.2. The van der Waals surface area contributed by atoms with Crippen molar-refractivity contribution in [2.45, 2.75) is 65.3 Å². The number of hydrogen-bond donors (Lipinski definition) is 1. The van der Waals surface area contributed by atoms with Gasteiger partial charge in [-0.3, -0.25) is 9.79 Å². The van der Waals surface area contributed by atoms with E-state index in [1.54, 1.807) is 0 Å². The molecule has 3 aliphatic rings. The van der Waals surface area contributed by atoms with Gasteiger partial charge in [0.25, 0.3) is 0 Å². The molecule has 1 fully saturated rings. The Labute approximate surface area is 167 Å². The highest BCUT2D eigenvalue weighted by molar-refractivity contribution is 6.01. The average Bonchev–Trinajstić information content (AvgIpc) is 2.80. The topological polar surface area (TPSA) is 56.1 Å². The normalized spacial score (nSPS) is 27.4. The Bertz CT molecular complexity index is 876. The van der Waals surface area contributed by atoms with Crippen LogP contribution in [0.4, 0.5) is 0 Å². The molecular weight excluding hydrogens is 350 g/mol. The number of aliphatic imine (C=N–C) groups is 1. The zero-order valence-electron chi connectivity index (χ0n) is 17.6. The second-order valence-corrected chi connectivity index (χ2v) is 9.71. The van der Waals surface area contributed by atoms with Gasteiger partial charge >= 0.3 is 0 Å². The standard InChI is InChI=1S/C23H31N3O2/c1-22(2,3)14-26-20-11-10-19(24-21(20)25(5)23(26,4)28)16-7-6-15-8-9-18(27)13-17(15)12-16/h6-7,11-12,19,28H,8-10,13-14H2,1-5H3. The summed E-state index contributed by atoms with van der Waals surface area (Å²) in [6.07, 6.45) is 5.07. The molecule has 5 heteroatoms. The highest BCUT2D eigenvalue weighted by Gasteiger charge is 2.48. The van der Waals surface area contributed by atoms with Crippen LogP contribution in [0.3, 0.4) is 0 Å². The van der Waals surface area contributed by atoms with Crippen molar-refractivity contribution >= 4 is 11.6 Å². The number of amidine groups is 1. The maximum absolute atomic E-state index is 11.9. The summed E-state index contributed by atoms with van der Waals surface area (Å²) in [5.41, 5.74) is 4.68. The second kappa shape index (κ2) is 6.45. The van der Waals surface area contributed by atoms with Gasteiger partial charge in [-0.2, -0.15) is 0 Å². The van der Waals surface area contributed by atoms with Gasteiger partial charge in [-0.1, -0.05) is 45.0 Å². The number of carbonyl (C=O) groups is 1. The zero-order chi connectivity index (χ0) is 20.3. The van der Waals surface area contributed by atoms with Crippen molar-refractivity contribution in [1.82, 2.24) is 9.80 Å². The van der Waals surface area contributed by atoms with E-state index in [4.69, 9.17) is 4.99 Å². The lowest BCUT2D eigenvalue weighted by Crippen LogP contribution is -2.51. The summed E-state index contributed by atoms with van der Waals surface area (Å²) in [6.45, 7) is 9.12. The molecule has 0 bridgehead atoms. The molecule has 1 aromatic carbocycles. The van der Waals surface area contributed by atoms with Crippen LogP contribution in [0.5, 0.6) is 0 Å². The molecule has 2 atom stereocenters. The number of Topliss-reactive ketones (excluding diaryl/α,β-unsaturated/α-hetero) is 1. The number of dihydropyridines is 1. The van der Waals surface area contributed by atoms with E-state index >= 15 is 0 Å². The molecule has 2 unspecified atom stereocenters. The average molecular weight is 382 g/mol. The number of nitrogens with zero attached hydrogens (tertiary/aromatic N) is 3. The van der Waals surface area contributed by atoms with Gasteiger partial charge in [0, 0.05) is 33.4 Å². The number of aryl methyl sites for hydroxylation is 1. The van der Waals surface area contributed by atoms with Crippen molar-refractivity contribution in [3.63, 3.8) is 0 Å². The minimum Gasteiger partial charge on any atom is -0.354 e. The first-order valence-corrected chi connectivity index (χ1v) is 10.2. The highest BCUT2D eigenvalue weighted by Crippen LogP contribution is 2.40. The van der Waals surface area contributed by atoms with Crippen LogP contribution in [0, 0.1) is 5.41 Å². The molecule has 5 nitrogen and oxygen atoms in total. The first kappa shape index (κ1) is 19.2. The SMILES string of the molecule is CN1C2=NC(c3ccc4c(c3)CC(=O)CC4)CC=C2N(CC(C)(C)C)C1(C)O. The first-order chi connectivity index (χ1) is 13.1. The molecule has 1 aliphatic carbocycles. The van der Waals surface area contributed by atoms with Crippen molar-refractivity contribution in [1.29, 1.82) is 0 Å². The van der Waals surface area contributed by atoms with E-state index in [9.17, 15) is 9.90 Å². The van der Waals surface area contributed by atoms with Crippen LogP contribution in [0.25, 0.3) is 0 Å². The summed E-state index contributed by atoms with van der Waals surface area (Å²) < 4.78 is 0. The summed E-state index contributed by atoms with van der Waals surface area (Å²) in [6, 6.07) is 6.51. The Morgan fingerprint density at radius 1 is 1.25 bits per heavy atom. The lowest BCUT2D eigenvalue weighted by atomic mass is 9.87. The van der Waals surface area contributed by atoms with Gasteiger partial charge in [0.05, 0.1) is 11.7 Å². The van der Waals surface area contributed by atoms with Crippen LogP contribution in [-0.2, 0) is 17.6 Å². The molecule has 0 amide bonds. The second-order valence-electron chi connectivity index (χ2n) is 9.71. The number of fused-ring (bicyclic) bond motifs is 2. The van der Waals surface area contributed by atoms with Crippen molar-refractivity contribution in [3.8, 4) is 0 Å². The maximum atomic E-state index is 11.9. The quantitative estimate of drug-likeness (QED) is 0.853. The number of likely N-dealkylation sites (N-methyl/N-ethyl adjacent to an activating group) is 1. The molecule has 1 saturated heterocycles. The smallest absolute Gasteiger partial charge is 0.217 e. The Morgan fingerprint density at radius 3 is 2.71 bits per heavy atom. The van der Waals surface area contributed by atoms with Crippen LogP contribution in [-0.4, -0.2) is 46.0 Å². The number of carbonyl (C=O) groups excluding carboxylic acids is 1. The Balaban J connectivity index is 1.65. The molecule has 1 aromatic rings. The number of ketones is 1. The molecular formula is C23H31N3O2. The summed E-state index contributed by atoms with van der Waals surface area (Å²) in [5.74, 6) is 0.0836. The third kappa shape index (κ3) is 3.26. The lowest BCUT2D eigenvalue weighted by Gasteiger charge is -2.38. The predicted molar refractivity (Wildman–Crippen MR) is 111 cm³/mol. The van der Waals surface area contributed by atoms with Crippen LogP contribution in [0.1, 0.15) is 63.3 Å².